The lowest BCUT2D eigenvalue weighted by atomic mass is 10.00. The Hall–Kier alpha value is -1.79. The minimum Gasteiger partial charge on any atom is -0.467 e. The molecule has 1 aliphatic rings. The molecule has 0 bridgehead atoms. The Morgan fingerprint density at radius 1 is 1.29 bits per heavy atom. The number of amides is 1. The Morgan fingerprint density at radius 2 is 2.00 bits per heavy atom. The van der Waals surface area contributed by atoms with Gasteiger partial charge in [-0.2, -0.15) is 0 Å². The lowest BCUT2D eigenvalue weighted by Crippen LogP contribution is -2.52. The summed E-state index contributed by atoms with van der Waals surface area (Å²) in [5, 5.41) is 0. The Kier molecular flexibility index (Phi) is 4.74. The first-order chi connectivity index (χ1) is 8.13. The van der Waals surface area contributed by atoms with E-state index in [1.807, 2.05) is 0 Å². The summed E-state index contributed by atoms with van der Waals surface area (Å²) in [6.07, 6.45) is -0.274. The zero-order valence-corrected chi connectivity index (χ0v) is 9.75. The van der Waals surface area contributed by atoms with Gasteiger partial charge in [-0.15, -0.1) is 0 Å². The van der Waals surface area contributed by atoms with Gasteiger partial charge < -0.3 is 14.2 Å². The number of carbonyl (C=O) groups excluding carboxylic acids is 3. The Labute approximate surface area is 98.6 Å². The number of hydrogen-bond donors (Lipinski definition) is 0. The normalized spacial score (nSPS) is 23.8. The monoisotopic (exact) mass is 245 g/mol. The molecule has 96 valence electrons. The van der Waals surface area contributed by atoms with Gasteiger partial charge in [0.05, 0.1) is 14.2 Å². The molecule has 7 nitrogen and oxygen atoms in total. The fraction of sp³-hybridized carbons (Fsp3) is 0.700. The van der Waals surface area contributed by atoms with Crippen molar-refractivity contribution in [2.24, 2.45) is 0 Å². The maximum absolute atomic E-state index is 11.5. The summed E-state index contributed by atoms with van der Waals surface area (Å²) in [6.45, 7) is 0.623. The van der Waals surface area contributed by atoms with E-state index in [4.69, 9.17) is 4.74 Å². The third-order valence-corrected chi connectivity index (χ3v) is 2.68. The molecule has 1 amide bonds. The van der Waals surface area contributed by atoms with Crippen LogP contribution in [0.4, 0.5) is 4.79 Å². The summed E-state index contributed by atoms with van der Waals surface area (Å²) >= 11 is 0. The zero-order chi connectivity index (χ0) is 12.8. The van der Waals surface area contributed by atoms with Crippen LogP contribution in [0.1, 0.15) is 12.8 Å². The molecule has 0 spiro atoms. The molecule has 1 heterocycles. The molecule has 2 atom stereocenters. The number of esters is 1. The first-order valence-electron chi connectivity index (χ1n) is 5.15. The third kappa shape index (κ3) is 3.08. The molecular formula is C10H15NO6. The number of methoxy groups -OCH3 is 2. The van der Waals surface area contributed by atoms with Crippen LogP contribution in [0.2, 0.25) is 0 Å². The fourth-order valence-electron chi connectivity index (χ4n) is 1.83. The van der Waals surface area contributed by atoms with Gasteiger partial charge in [0.15, 0.2) is 0 Å². The van der Waals surface area contributed by atoms with Crippen molar-refractivity contribution in [1.29, 1.82) is 0 Å². The summed E-state index contributed by atoms with van der Waals surface area (Å²) in [4.78, 5) is 34.5. The summed E-state index contributed by atoms with van der Waals surface area (Å²) in [7, 11) is 2.48. The number of likely N-dealkylation sites (tertiary alicyclic amines) is 1. The van der Waals surface area contributed by atoms with Gasteiger partial charge in [0, 0.05) is 19.4 Å². The van der Waals surface area contributed by atoms with Crippen LogP contribution in [0.15, 0.2) is 0 Å². The standard InChI is InChI=1S/C10H15NO6/c1-15-9(13)8-5-7(17-6-12)3-4-11(8)10(14)16-2/h6-8H,3-5H2,1-2H3/t7-,8+/m0/s1. The summed E-state index contributed by atoms with van der Waals surface area (Å²) in [5.41, 5.74) is 0. The highest BCUT2D eigenvalue weighted by Gasteiger charge is 2.38. The maximum Gasteiger partial charge on any atom is 0.410 e. The van der Waals surface area contributed by atoms with E-state index in [2.05, 4.69) is 9.47 Å². The van der Waals surface area contributed by atoms with Crippen LogP contribution in [-0.4, -0.2) is 56.3 Å². The largest absolute Gasteiger partial charge is 0.467 e. The summed E-state index contributed by atoms with van der Waals surface area (Å²) in [6, 6.07) is -0.772. The average molecular weight is 245 g/mol. The van der Waals surface area contributed by atoms with Crippen LogP contribution in [0.5, 0.6) is 0 Å². The van der Waals surface area contributed by atoms with E-state index in [9.17, 15) is 14.4 Å². The van der Waals surface area contributed by atoms with E-state index in [-0.39, 0.29) is 19.1 Å². The smallest absolute Gasteiger partial charge is 0.410 e. The van der Waals surface area contributed by atoms with Crippen molar-refractivity contribution in [3.8, 4) is 0 Å². The predicted molar refractivity (Wildman–Crippen MR) is 55.1 cm³/mol. The second kappa shape index (κ2) is 6.07. The molecule has 1 rings (SSSR count). The van der Waals surface area contributed by atoms with E-state index in [1.54, 1.807) is 0 Å². The van der Waals surface area contributed by atoms with E-state index < -0.39 is 18.1 Å². The van der Waals surface area contributed by atoms with Crippen molar-refractivity contribution in [2.45, 2.75) is 25.0 Å². The molecule has 0 aromatic heterocycles. The predicted octanol–water partition coefficient (Wildman–Crippen LogP) is -0.0682. The highest BCUT2D eigenvalue weighted by atomic mass is 16.6. The molecule has 0 radical (unpaired) electrons. The van der Waals surface area contributed by atoms with Gasteiger partial charge in [-0.05, 0) is 0 Å². The van der Waals surface area contributed by atoms with Gasteiger partial charge in [0.1, 0.15) is 12.1 Å². The van der Waals surface area contributed by atoms with Gasteiger partial charge in [0.25, 0.3) is 6.47 Å². The third-order valence-electron chi connectivity index (χ3n) is 2.68. The molecule has 1 aliphatic heterocycles. The van der Waals surface area contributed by atoms with Crippen LogP contribution in [0.3, 0.4) is 0 Å². The molecule has 1 saturated heterocycles. The topological polar surface area (TPSA) is 82.1 Å². The second-order valence-electron chi connectivity index (χ2n) is 3.58. The molecule has 0 aliphatic carbocycles. The van der Waals surface area contributed by atoms with E-state index >= 15 is 0 Å². The lowest BCUT2D eigenvalue weighted by Gasteiger charge is -2.35. The van der Waals surface area contributed by atoms with Gasteiger partial charge in [0.2, 0.25) is 0 Å². The van der Waals surface area contributed by atoms with Crippen molar-refractivity contribution in [1.82, 2.24) is 4.90 Å². The van der Waals surface area contributed by atoms with Crippen molar-refractivity contribution in [2.75, 3.05) is 20.8 Å². The molecule has 0 aromatic carbocycles. The molecule has 0 unspecified atom stereocenters. The van der Waals surface area contributed by atoms with Crippen molar-refractivity contribution in [3.63, 3.8) is 0 Å². The van der Waals surface area contributed by atoms with E-state index in [0.29, 0.717) is 12.9 Å². The van der Waals surface area contributed by atoms with Crippen LogP contribution in [0.25, 0.3) is 0 Å². The quantitative estimate of drug-likeness (QED) is 0.393. The van der Waals surface area contributed by atoms with Crippen molar-refractivity contribution < 1.29 is 28.6 Å². The van der Waals surface area contributed by atoms with Crippen molar-refractivity contribution in [3.05, 3.63) is 0 Å². The Bertz CT molecular complexity index is 305. The van der Waals surface area contributed by atoms with Gasteiger partial charge >= 0.3 is 12.1 Å². The minimum absolute atomic E-state index is 0.223. The summed E-state index contributed by atoms with van der Waals surface area (Å²) < 4.78 is 14.0. The highest BCUT2D eigenvalue weighted by molar-refractivity contribution is 5.81. The highest BCUT2D eigenvalue weighted by Crippen LogP contribution is 2.21. The second-order valence-corrected chi connectivity index (χ2v) is 3.58. The molecule has 1 fully saturated rings. The molecule has 0 saturated carbocycles. The molecule has 0 N–H and O–H groups in total. The molecule has 7 heteroatoms. The fourth-order valence-corrected chi connectivity index (χ4v) is 1.83. The zero-order valence-electron chi connectivity index (χ0n) is 9.75. The number of piperidine rings is 1. The van der Waals surface area contributed by atoms with E-state index in [0.717, 1.165) is 0 Å². The number of rotatable bonds is 3. The molecule has 17 heavy (non-hydrogen) atoms. The molecular weight excluding hydrogens is 230 g/mol. The number of carbonyl (C=O) groups is 3. The van der Waals surface area contributed by atoms with Crippen molar-refractivity contribution >= 4 is 18.5 Å². The number of ether oxygens (including phenoxy) is 3. The van der Waals surface area contributed by atoms with Crippen LogP contribution in [-0.2, 0) is 23.8 Å². The average Bonchev–Trinajstić information content (AvgIpc) is 2.37. The SMILES string of the molecule is COC(=O)[C@H]1C[C@@H](OC=O)CCN1C(=O)OC. The Morgan fingerprint density at radius 3 is 2.53 bits per heavy atom. The van der Waals surface area contributed by atoms with Crippen LogP contribution < -0.4 is 0 Å². The maximum atomic E-state index is 11.5. The van der Waals surface area contributed by atoms with Crippen LogP contribution >= 0.6 is 0 Å². The number of hydrogen-bond acceptors (Lipinski definition) is 6. The molecule has 0 aromatic rings. The first kappa shape index (κ1) is 13.3. The van der Waals surface area contributed by atoms with E-state index in [1.165, 1.54) is 19.1 Å². The summed E-state index contributed by atoms with van der Waals surface area (Å²) in [5.74, 6) is -0.547. The minimum atomic E-state index is -0.772. The van der Waals surface area contributed by atoms with Gasteiger partial charge in [-0.1, -0.05) is 0 Å². The Balaban J connectivity index is 2.75. The van der Waals surface area contributed by atoms with Gasteiger partial charge in [-0.25, -0.2) is 9.59 Å². The first-order valence-corrected chi connectivity index (χ1v) is 5.15. The lowest BCUT2D eigenvalue weighted by molar-refractivity contribution is -0.152. The number of nitrogens with zero attached hydrogens (tertiary/aromatic N) is 1. The van der Waals surface area contributed by atoms with Crippen LogP contribution in [0, 0.1) is 0 Å². The van der Waals surface area contributed by atoms with Gasteiger partial charge in [-0.3, -0.25) is 9.69 Å².